The van der Waals surface area contributed by atoms with Gasteiger partial charge in [-0.2, -0.15) is 5.10 Å². The molecule has 25 heavy (non-hydrogen) atoms. The monoisotopic (exact) mass is 353 g/mol. The molecule has 0 fully saturated rings. The predicted molar refractivity (Wildman–Crippen MR) is 98.7 cm³/mol. The van der Waals surface area contributed by atoms with Crippen LogP contribution in [0.5, 0.6) is 5.75 Å². The summed E-state index contributed by atoms with van der Waals surface area (Å²) in [5, 5.41) is 15.6. The molecule has 0 bridgehead atoms. The van der Waals surface area contributed by atoms with E-state index in [1.165, 1.54) is 23.5 Å². The molecule has 0 amide bonds. The lowest BCUT2D eigenvalue weighted by Gasteiger charge is -2.01. The number of carbonyl (C=O) groups is 1. The van der Waals surface area contributed by atoms with Crippen molar-refractivity contribution in [3.05, 3.63) is 65.0 Å². The first-order valence-corrected chi connectivity index (χ1v) is 8.26. The van der Waals surface area contributed by atoms with E-state index in [2.05, 4.69) is 15.5 Å². The SMILES string of the molecule is COc1cccc(-c2csc(N/N=C\c3ccc(C(=O)O)cc3)n2)c1. The third-order valence-corrected chi connectivity index (χ3v) is 4.15. The average Bonchev–Trinajstić information content (AvgIpc) is 3.11. The number of anilines is 1. The number of aromatic nitrogens is 1. The second-order valence-corrected chi connectivity index (χ2v) is 5.93. The molecule has 0 unspecified atom stereocenters. The maximum absolute atomic E-state index is 10.8. The maximum atomic E-state index is 10.8. The number of nitrogens with one attached hydrogen (secondary N) is 1. The van der Waals surface area contributed by atoms with Crippen molar-refractivity contribution in [2.45, 2.75) is 0 Å². The van der Waals surface area contributed by atoms with Gasteiger partial charge in [0.05, 0.1) is 24.6 Å². The van der Waals surface area contributed by atoms with E-state index in [9.17, 15) is 4.79 Å². The number of thiazole rings is 1. The smallest absolute Gasteiger partial charge is 0.335 e. The molecule has 0 spiro atoms. The van der Waals surface area contributed by atoms with Gasteiger partial charge in [0.1, 0.15) is 5.75 Å². The summed E-state index contributed by atoms with van der Waals surface area (Å²) in [5.41, 5.74) is 5.73. The molecule has 0 aliphatic rings. The van der Waals surface area contributed by atoms with E-state index in [0.29, 0.717) is 5.13 Å². The second kappa shape index (κ2) is 7.59. The van der Waals surface area contributed by atoms with E-state index >= 15 is 0 Å². The van der Waals surface area contributed by atoms with Crippen molar-refractivity contribution < 1.29 is 14.6 Å². The van der Waals surface area contributed by atoms with E-state index in [1.54, 1.807) is 25.5 Å². The lowest BCUT2D eigenvalue weighted by atomic mass is 10.1. The first kappa shape index (κ1) is 16.7. The molecule has 0 atom stereocenters. The number of carboxylic acid groups (broad SMARTS) is 1. The van der Waals surface area contributed by atoms with Gasteiger partial charge in [0.15, 0.2) is 0 Å². The Bertz CT molecular complexity index is 904. The van der Waals surface area contributed by atoms with Crippen molar-refractivity contribution >= 4 is 28.7 Å². The molecule has 0 aliphatic heterocycles. The van der Waals surface area contributed by atoms with Crippen LogP contribution in [0.25, 0.3) is 11.3 Å². The molecular formula is C18H15N3O3S. The molecule has 3 aromatic rings. The number of aromatic carboxylic acids is 1. The number of rotatable bonds is 6. The lowest BCUT2D eigenvalue weighted by molar-refractivity contribution is 0.0697. The van der Waals surface area contributed by atoms with Crippen LogP contribution >= 0.6 is 11.3 Å². The fourth-order valence-electron chi connectivity index (χ4n) is 2.11. The molecule has 6 nitrogen and oxygen atoms in total. The minimum Gasteiger partial charge on any atom is -0.497 e. The normalized spacial score (nSPS) is 10.8. The maximum Gasteiger partial charge on any atom is 0.335 e. The largest absolute Gasteiger partial charge is 0.497 e. The Morgan fingerprint density at radius 2 is 2.08 bits per heavy atom. The minimum atomic E-state index is -0.950. The summed E-state index contributed by atoms with van der Waals surface area (Å²) < 4.78 is 5.22. The summed E-state index contributed by atoms with van der Waals surface area (Å²) in [6.07, 6.45) is 1.61. The van der Waals surface area contributed by atoms with Gasteiger partial charge >= 0.3 is 5.97 Å². The summed E-state index contributed by atoms with van der Waals surface area (Å²) >= 11 is 1.44. The Morgan fingerprint density at radius 1 is 1.28 bits per heavy atom. The topological polar surface area (TPSA) is 83.8 Å². The summed E-state index contributed by atoms with van der Waals surface area (Å²) in [5.74, 6) is -0.169. The van der Waals surface area contributed by atoms with E-state index in [0.717, 1.165) is 22.6 Å². The van der Waals surface area contributed by atoms with E-state index < -0.39 is 5.97 Å². The Labute approximate surface area is 148 Å². The number of nitrogens with zero attached hydrogens (tertiary/aromatic N) is 2. The molecule has 1 aromatic heterocycles. The first-order chi connectivity index (χ1) is 12.2. The highest BCUT2D eigenvalue weighted by Gasteiger charge is 2.05. The molecule has 1 heterocycles. The number of ether oxygens (including phenoxy) is 1. The summed E-state index contributed by atoms with van der Waals surface area (Å²) in [6, 6.07) is 14.1. The van der Waals surface area contributed by atoms with Gasteiger partial charge in [-0.15, -0.1) is 11.3 Å². The number of hydrogen-bond donors (Lipinski definition) is 2. The predicted octanol–water partition coefficient (Wildman–Crippen LogP) is 3.96. The zero-order valence-electron chi connectivity index (χ0n) is 13.3. The van der Waals surface area contributed by atoms with Crippen molar-refractivity contribution in [2.24, 2.45) is 5.10 Å². The van der Waals surface area contributed by atoms with Crippen LogP contribution in [0.2, 0.25) is 0 Å². The van der Waals surface area contributed by atoms with Crippen LogP contribution in [0.15, 0.2) is 59.0 Å². The summed E-state index contributed by atoms with van der Waals surface area (Å²) in [7, 11) is 1.63. The van der Waals surface area contributed by atoms with Gasteiger partial charge in [-0.25, -0.2) is 9.78 Å². The van der Waals surface area contributed by atoms with Gasteiger partial charge in [-0.05, 0) is 29.8 Å². The number of benzene rings is 2. The van der Waals surface area contributed by atoms with Crippen LogP contribution in [0, 0.1) is 0 Å². The van der Waals surface area contributed by atoms with Gasteiger partial charge < -0.3 is 9.84 Å². The van der Waals surface area contributed by atoms with E-state index in [1.807, 2.05) is 29.6 Å². The molecule has 0 aliphatic carbocycles. The van der Waals surface area contributed by atoms with Crippen molar-refractivity contribution in [1.29, 1.82) is 0 Å². The summed E-state index contributed by atoms with van der Waals surface area (Å²) in [4.78, 5) is 15.3. The van der Waals surface area contributed by atoms with E-state index in [4.69, 9.17) is 9.84 Å². The fraction of sp³-hybridized carbons (Fsp3) is 0.0556. The Balaban J connectivity index is 1.66. The standard InChI is InChI=1S/C18H15N3O3S/c1-24-15-4-2-3-14(9-15)16-11-25-18(20-16)21-19-10-12-5-7-13(8-6-12)17(22)23/h2-11H,1H3,(H,20,21)(H,22,23)/b19-10-. The lowest BCUT2D eigenvalue weighted by Crippen LogP contribution is -1.96. The molecule has 7 heteroatoms. The number of methoxy groups -OCH3 is 1. The molecule has 0 radical (unpaired) electrons. The van der Waals surface area contributed by atoms with Gasteiger partial charge in [0, 0.05) is 10.9 Å². The number of carboxylic acids is 1. The zero-order chi connectivity index (χ0) is 17.6. The quantitative estimate of drug-likeness (QED) is 0.517. The summed E-state index contributed by atoms with van der Waals surface area (Å²) in [6.45, 7) is 0. The fourth-order valence-corrected chi connectivity index (χ4v) is 2.78. The Morgan fingerprint density at radius 3 is 2.80 bits per heavy atom. The highest BCUT2D eigenvalue weighted by molar-refractivity contribution is 7.14. The van der Waals surface area contributed by atoms with Gasteiger partial charge in [0.2, 0.25) is 5.13 Å². The van der Waals surface area contributed by atoms with Crippen LogP contribution in [0.3, 0.4) is 0 Å². The number of hydrazone groups is 1. The molecule has 2 aromatic carbocycles. The van der Waals surface area contributed by atoms with Crippen LogP contribution < -0.4 is 10.2 Å². The Hall–Kier alpha value is -3.19. The first-order valence-electron chi connectivity index (χ1n) is 7.38. The Kier molecular flexibility index (Phi) is 5.06. The molecule has 3 rings (SSSR count). The van der Waals surface area contributed by atoms with Crippen LogP contribution in [0.1, 0.15) is 15.9 Å². The highest BCUT2D eigenvalue weighted by Crippen LogP contribution is 2.27. The molecule has 0 saturated carbocycles. The van der Waals surface area contributed by atoms with Crippen LogP contribution in [-0.4, -0.2) is 29.4 Å². The zero-order valence-corrected chi connectivity index (χ0v) is 14.2. The third kappa shape index (κ3) is 4.21. The second-order valence-electron chi connectivity index (χ2n) is 5.07. The van der Waals surface area contributed by atoms with Crippen molar-refractivity contribution in [3.63, 3.8) is 0 Å². The molecule has 0 saturated heterocycles. The minimum absolute atomic E-state index is 0.243. The van der Waals surface area contributed by atoms with Crippen molar-refractivity contribution in [3.8, 4) is 17.0 Å². The molecule has 126 valence electrons. The van der Waals surface area contributed by atoms with Crippen molar-refractivity contribution in [2.75, 3.05) is 12.5 Å². The van der Waals surface area contributed by atoms with Gasteiger partial charge in [0.25, 0.3) is 0 Å². The molecular weight excluding hydrogens is 338 g/mol. The highest BCUT2D eigenvalue weighted by atomic mass is 32.1. The van der Waals surface area contributed by atoms with Gasteiger partial charge in [-0.1, -0.05) is 24.3 Å². The number of hydrogen-bond acceptors (Lipinski definition) is 6. The van der Waals surface area contributed by atoms with E-state index in [-0.39, 0.29) is 5.56 Å². The van der Waals surface area contributed by atoms with Gasteiger partial charge in [-0.3, -0.25) is 5.43 Å². The van der Waals surface area contributed by atoms with Crippen LogP contribution in [-0.2, 0) is 0 Å². The molecule has 2 N–H and O–H groups in total. The third-order valence-electron chi connectivity index (χ3n) is 3.40. The van der Waals surface area contributed by atoms with Crippen molar-refractivity contribution in [1.82, 2.24) is 4.98 Å². The average molecular weight is 353 g/mol. The van der Waals surface area contributed by atoms with Crippen LogP contribution in [0.4, 0.5) is 5.13 Å².